The molecule has 2 nitrogen and oxygen atoms in total. The van der Waals surface area contributed by atoms with Crippen LogP contribution >= 0.6 is 23.1 Å². The SMILES string of the molecule is COCCSc1nc(-c2ccccc2)cs1. The zero-order chi connectivity index (χ0) is 11.2. The molecular weight excluding hydrogens is 238 g/mol. The number of ether oxygens (including phenoxy) is 1. The van der Waals surface area contributed by atoms with Gasteiger partial charge in [-0.2, -0.15) is 0 Å². The van der Waals surface area contributed by atoms with Crippen LogP contribution in [0.15, 0.2) is 40.1 Å². The molecule has 0 atom stereocenters. The number of methoxy groups -OCH3 is 1. The fourth-order valence-electron chi connectivity index (χ4n) is 1.28. The molecule has 0 N–H and O–H groups in total. The Balaban J connectivity index is 2.02. The van der Waals surface area contributed by atoms with Crippen LogP contribution in [-0.4, -0.2) is 24.5 Å². The summed E-state index contributed by atoms with van der Waals surface area (Å²) in [5.41, 5.74) is 2.24. The van der Waals surface area contributed by atoms with Crippen LogP contribution in [0, 0.1) is 0 Å². The highest BCUT2D eigenvalue weighted by Crippen LogP contribution is 2.27. The molecule has 2 aromatic rings. The first-order valence-electron chi connectivity index (χ1n) is 5.03. The van der Waals surface area contributed by atoms with Crippen LogP contribution < -0.4 is 0 Å². The molecule has 1 aromatic carbocycles. The molecule has 0 radical (unpaired) electrons. The Morgan fingerprint density at radius 3 is 2.88 bits per heavy atom. The van der Waals surface area contributed by atoms with E-state index < -0.39 is 0 Å². The quantitative estimate of drug-likeness (QED) is 0.599. The number of hydrogen-bond donors (Lipinski definition) is 0. The number of hydrogen-bond acceptors (Lipinski definition) is 4. The summed E-state index contributed by atoms with van der Waals surface area (Å²) in [5, 5.41) is 2.10. The number of benzene rings is 1. The summed E-state index contributed by atoms with van der Waals surface area (Å²) in [5.74, 6) is 0.957. The molecule has 0 unspecified atom stereocenters. The van der Waals surface area contributed by atoms with Crippen LogP contribution in [0.4, 0.5) is 0 Å². The second-order valence-electron chi connectivity index (χ2n) is 3.21. The molecular formula is C12H13NOS2. The Morgan fingerprint density at radius 2 is 2.12 bits per heavy atom. The molecule has 0 spiro atoms. The van der Waals surface area contributed by atoms with Gasteiger partial charge in [0.05, 0.1) is 12.3 Å². The highest BCUT2D eigenvalue weighted by atomic mass is 32.2. The van der Waals surface area contributed by atoms with E-state index >= 15 is 0 Å². The Morgan fingerprint density at radius 1 is 1.31 bits per heavy atom. The molecule has 0 saturated carbocycles. The molecule has 16 heavy (non-hydrogen) atoms. The van der Waals surface area contributed by atoms with Crippen molar-refractivity contribution in [3.05, 3.63) is 35.7 Å². The highest BCUT2D eigenvalue weighted by molar-refractivity contribution is 8.01. The summed E-state index contributed by atoms with van der Waals surface area (Å²) in [6.07, 6.45) is 0. The van der Waals surface area contributed by atoms with Gasteiger partial charge in [0.1, 0.15) is 0 Å². The molecule has 0 saturated heterocycles. The molecule has 1 heterocycles. The first-order chi connectivity index (χ1) is 7.90. The van der Waals surface area contributed by atoms with Gasteiger partial charge >= 0.3 is 0 Å². The predicted octanol–water partition coefficient (Wildman–Crippen LogP) is 3.55. The van der Waals surface area contributed by atoms with Crippen LogP contribution in [0.25, 0.3) is 11.3 Å². The molecule has 0 aliphatic heterocycles. The lowest BCUT2D eigenvalue weighted by atomic mass is 10.2. The zero-order valence-corrected chi connectivity index (χ0v) is 10.7. The molecule has 2 rings (SSSR count). The maximum atomic E-state index is 5.01. The van der Waals surface area contributed by atoms with E-state index in [0.29, 0.717) is 0 Å². The summed E-state index contributed by atoms with van der Waals surface area (Å²) in [6, 6.07) is 10.3. The minimum absolute atomic E-state index is 0.769. The van der Waals surface area contributed by atoms with Crippen LogP contribution in [0.2, 0.25) is 0 Å². The lowest BCUT2D eigenvalue weighted by molar-refractivity contribution is 0.218. The van der Waals surface area contributed by atoms with Crippen molar-refractivity contribution in [3.8, 4) is 11.3 Å². The van der Waals surface area contributed by atoms with Gasteiger partial charge < -0.3 is 4.74 Å². The van der Waals surface area contributed by atoms with Crippen molar-refractivity contribution in [1.29, 1.82) is 0 Å². The minimum Gasteiger partial charge on any atom is -0.384 e. The maximum Gasteiger partial charge on any atom is 0.150 e. The second kappa shape index (κ2) is 6.03. The van der Waals surface area contributed by atoms with Crippen molar-refractivity contribution in [2.45, 2.75) is 4.34 Å². The van der Waals surface area contributed by atoms with Gasteiger partial charge in [-0.3, -0.25) is 0 Å². The minimum atomic E-state index is 0.769. The van der Waals surface area contributed by atoms with Crippen molar-refractivity contribution in [1.82, 2.24) is 4.98 Å². The Labute approximate surface area is 104 Å². The zero-order valence-electron chi connectivity index (χ0n) is 9.05. The standard InChI is InChI=1S/C12H13NOS2/c1-14-7-8-15-12-13-11(9-16-12)10-5-3-2-4-6-10/h2-6,9H,7-8H2,1H3. The summed E-state index contributed by atoms with van der Waals surface area (Å²) >= 11 is 3.43. The second-order valence-corrected chi connectivity index (χ2v) is 5.41. The first kappa shape index (κ1) is 11.6. The van der Waals surface area contributed by atoms with Gasteiger partial charge in [0.25, 0.3) is 0 Å². The van der Waals surface area contributed by atoms with Gasteiger partial charge in [-0.25, -0.2) is 4.98 Å². The summed E-state index contributed by atoms with van der Waals surface area (Å²) in [7, 11) is 1.72. The number of thiazole rings is 1. The molecule has 0 aliphatic rings. The Kier molecular flexibility index (Phi) is 4.39. The van der Waals surface area contributed by atoms with E-state index in [4.69, 9.17) is 4.74 Å². The summed E-state index contributed by atoms with van der Waals surface area (Å²) in [6.45, 7) is 0.769. The fraction of sp³-hybridized carbons (Fsp3) is 0.250. The molecule has 4 heteroatoms. The molecule has 1 aromatic heterocycles. The van der Waals surface area contributed by atoms with Crippen molar-refractivity contribution in [2.75, 3.05) is 19.5 Å². The number of nitrogens with zero attached hydrogens (tertiary/aromatic N) is 1. The van der Waals surface area contributed by atoms with Crippen molar-refractivity contribution in [3.63, 3.8) is 0 Å². The van der Waals surface area contributed by atoms with Crippen molar-refractivity contribution in [2.24, 2.45) is 0 Å². The van der Waals surface area contributed by atoms with E-state index in [9.17, 15) is 0 Å². The van der Waals surface area contributed by atoms with Gasteiger partial charge in [0.2, 0.25) is 0 Å². The topological polar surface area (TPSA) is 22.1 Å². The average molecular weight is 251 g/mol. The van der Waals surface area contributed by atoms with Crippen LogP contribution in [-0.2, 0) is 4.74 Å². The summed E-state index contributed by atoms with van der Waals surface area (Å²) in [4.78, 5) is 4.58. The third-order valence-corrected chi connectivity index (χ3v) is 4.05. The van der Waals surface area contributed by atoms with Gasteiger partial charge in [-0.05, 0) is 0 Å². The summed E-state index contributed by atoms with van der Waals surface area (Å²) < 4.78 is 6.12. The third-order valence-electron chi connectivity index (χ3n) is 2.07. The van der Waals surface area contributed by atoms with E-state index in [1.807, 2.05) is 18.2 Å². The lowest BCUT2D eigenvalue weighted by Crippen LogP contribution is -1.90. The fourth-order valence-corrected chi connectivity index (χ4v) is 3.08. The third kappa shape index (κ3) is 3.07. The monoisotopic (exact) mass is 251 g/mol. The Hall–Kier alpha value is -0.840. The normalized spacial score (nSPS) is 10.6. The number of aromatic nitrogens is 1. The molecule has 84 valence electrons. The van der Waals surface area contributed by atoms with E-state index in [2.05, 4.69) is 22.5 Å². The van der Waals surface area contributed by atoms with Crippen molar-refractivity contribution < 1.29 is 4.74 Å². The van der Waals surface area contributed by atoms with Crippen LogP contribution in [0.1, 0.15) is 0 Å². The molecule has 0 bridgehead atoms. The molecule has 0 fully saturated rings. The Bertz CT molecular complexity index is 428. The van der Waals surface area contributed by atoms with E-state index in [-0.39, 0.29) is 0 Å². The smallest absolute Gasteiger partial charge is 0.150 e. The average Bonchev–Trinajstić information content (AvgIpc) is 2.79. The molecule has 0 aliphatic carbocycles. The maximum absolute atomic E-state index is 5.01. The molecule has 0 amide bonds. The highest BCUT2D eigenvalue weighted by Gasteiger charge is 2.03. The van der Waals surface area contributed by atoms with Crippen molar-refractivity contribution >= 4 is 23.1 Å². The lowest BCUT2D eigenvalue weighted by Gasteiger charge is -1.96. The van der Waals surface area contributed by atoms with E-state index in [0.717, 1.165) is 22.4 Å². The van der Waals surface area contributed by atoms with Gasteiger partial charge in [-0.15, -0.1) is 11.3 Å². The van der Waals surface area contributed by atoms with Crippen LogP contribution in [0.3, 0.4) is 0 Å². The van der Waals surface area contributed by atoms with E-state index in [1.165, 1.54) is 5.56 Å². The number of thioether (sulfide) groups is 1. The van der Waals surface area contributed by atoms with E-state index in [1.54, 1.807) is 30.2 Å². The van der Waals surface area contributed by atoms with Gasteiger partial charge in [-0.1, -0.05) is 42.1 Å². The number of rotatable bonds is 5. The van der Waals surface area contributed by atoms with Gasteiger partial charge in [0, 0.05) is 23.8 Å². The predicted molar refractivity (Wildman–Crippen MR) is 70.2 cm³/mol. The van der Waals surface area contributed by atoms with Gasteiger partial charge in [0.15, 0.2) is 4.34 Å². The first-order valence-corrected chi connectivity index (χ1v) is 6.89. The van der Waals surface area contributed by atoms with Crippen LogP contribution in [0.5, 0.6) is 0 Å². The largest absolute Gasteiger partial charge is 0.384 e.